The second-order valence-electron chi connectivity index (χ2n) is 4.11. The van der Waals surface area contributed by atoms with E-state index in [0.29, 0.717) is 10.6 Å². The van der Waals surface area contributed by atoms with Crippen molar-refractivity contribution in [3.05, 3.63) is 34.9 Å². The standard InChI is InChI=1S/C12H15ClN2O.ClH/c1-14-5-7-15(8-6-14)12(16)10-3-2-4-11(13)9-10;/h2-4,9H,5-8H2,1H3;1H/p-1. The average molecular weight is 274 g/mol. The molecular weight excluding hydrogens is 259 g/mol. The minimum absolute atomic E-state index is 0. The Bertz CT molecular complexity index is 390. The molecule has 1 aromatic rings. The number of carbonyl (C=O) groups is 1. The van der Waals surface area contributed by atoms with E-state index in [1.54, 1.807) is 12.1 Å². The van der Waals surface area contributed by atoms with Gasteiger partial charge in [0.1, 0.15) is 0 Å². The average Bonchev–Trinajstić information content (AvgIpc) is 2.29. The fourth-order valence-corrected chi connectivity index (χ4v) is 2.00. The quantitative estimate of drug-likeness (QED) is 0.638. The number of piperazine rings is 1. The molecule has 1 heterocycles. The molecule has 0 spiro atoms. The third kappa shape index (κ3) is 3.60. The molecule has 94 valence electrons. The maximum Gasteiger partial charge on any atom is 0.253 e. The molecule has 1 amide bonds. The van der Waals surface area contributed by atoms with Crippen molar-refractivity contribution in [1.29, 1.82) is 0 Å². The Morgan fingerprint density at radius 2 is 1.88 bits per heavy atom. The molecule has 0 unspecified atom stereocenters. The maximum absolute atomic E-state index is 12.1. The van der Waals surface area contributed by atoms with E-state index in [2.05, 4.69) is 11.9 Å². The highest BCUT2D eigenvalue weighted by atomic mass is 35.5. The van der Waals surface area contributed by atoms with Crippen LogP contribution in [0.25, 0.3) is 0 Å². The van der Waals surface area contributed by atoms with Crippen LogP contribution in [0.4, 0.5) is 0 Å². The molecule has 0 aliphatic carbocycles. The van der Waals surface area contributed by atoms with Crippen molar-refractivity contribution >= 4 is 17.5 Å². The molecule has 0 radical (unpaired) electrons. The number of benzene rings is 1. The highest BCUT2D eigenvalue weighted by Gasteiger charge is 2.20. The number of carbonyl (C=O) groups excluding carboxylic acids is 1. The zero-order valence-electron chi connectivity index (χ0n) is 9.70. The van der Waals surface area contributed by atoms with Gasteiger partial charge in [-0.15, -0.1) is 0 Å². The number of nitrogens with zero attached hydrogens (tertiary/aromatic N) is 2. The number of hydrogen-bond donors (Lipinski definition) is 0. The molecule has 2 rings (SSSR count). The van der Waals surface area contributed by atoms with Crippen LogP contribution < -0.4 is 12.4 Å². The highest BCUT2D eigenvalue weighted by molar-refractivity contribution is 6.30. The zero-order valence-corrected chi connectivity index (χ0v) is 11.2. The number of likely N-dealkylation sites (N-methyl/N-ethyl adjacent to an activating group) is 1. The Balaban J connectivity index is 0.00000144. The smallest absolute Gasteiger partial charge is 0.253 e. The zero-order chi connectivity index (χ0) is 11.5. The fraction of sp³-hybridized carbons (Fsp3) is 0.417. The Kier molecular flexibility index (Phi) is 5.25. The first-order chi connectivity index (χ1) is 7.66. The van der Waals surface area contributed by atoms with Crippen molar-refractivity contribution in [2.75, 3.05) is 33.2 Å². The van der Waals surface area contributed by atoms with Gasteiger partial charge in [-0.1, -0.05) is 17.7 Å². The van der Waals surface area contributed by atoms with Crippen LogP contribution in [0.5, 0.6) is 0 Å². The summed E-state index contributed by atoms with van der Waals surface area (Å²) in [6.45, 7) is 3.46. The summed E-state index contributed by atoms with van der Waals surface area (Å²) in [4.78, 5) is 16.2. The van der Waals surface area contributed by atoms with Gasteiger partial charge in [0.15, 0.2) is 0 Å². The van der Waals surface area contributed by atoms with Crippen LogP contribution in [0, 0.1) is 0 Å². The van der Waals surface area contributed by atoms with Gasteiger partial charge in [-0.3, -0.25) is 4.79 Å². The van der Waals surface area contributed by atoms with E-state index in [4.69, 9.17) is 11.6 Å². The second kappa shape index (κ2) is 6.24. The summed E-state index contributed by atoms with van der Waals surface area (Å²) in [5.41, 5.74) is 0.678. The molecule has 0 atom stereocenters. The normalized spacial score (nSPS) is 16.5. The Morgan fingerprint density at radius 1 is 1.24 bits per heavy atom. The van der Waals surface area contributed by atoms with E-state index < -0.39 is 0 Å². The van der Waals surface area contributed by atoms with Crippen molar-refractivity contribution in [2.24, 2.45) is 0 Å². The Hall–Kier alpha value is -0.770. The fourth-order valence-electron chi connectivity index (χ4n) is 1.81. The summed E-state index contributed by atoms with van der Waals surface area (Å²) in [6.07, 6.45) is 0. The van der Waals surface area contributed by atoms with Gasteiger partial charge in [-0.05, 0) is 25.2 Å². The molecule has 1 aliphatic heterocycles. The molecule has 1 saturated heterocycles. The van der Waals surface area contributed by atoms with Crippen LogP contribution >= 0.6 is 11.6 Å². The topological polar surface area (TPSA) is 23.6 Å². The van der Waals surface area contributed by atoms with Crippen molar-refractivity contribution < 1.29 is 17.2 Å². The molecular formula is C12H15Cl2N2O-. The molecule has 3 nitrogen and oxygen atoms in total. The molecule has 1 aliphatic rings. The van der Waals surface area contributed by atoms with Gasteiger partial charge in [-0.25, -0.2) is 0 Å². The van der Waals surface area contributed by atoms with E-state index in [0.717, 1.165) is 26.2 Å². The molecule has 1 aromatic carbocycles. The number of rotatable bonds is 1. The van der Waals surface area contributed by atoms with Gasteiger partial charge in [0.05, 0.1) is 0 Å². The lowest BCUT2D eigenvalue weighted by Crippen LogP contribution is -3.00. The van der Waals surface area contributed by atoms with E-state index >= 15 is 0 Å². The Morgan fingerprint density at radius 3 is 2.47 bits per heavy atom. The van der Waals surface area contributed by atoms with E-state index in [9.17, 15) is 4.79 Å². The molecule has 1 fully saturated rings. The third-order valence-corrected chi connectivity index (χ3v) is 3.10. The lowest BCUT2D eigenvalue weighted by Gasteiger charge is -2.32. The van der Waals surface area contributed by atoms with E-state index in [1.807, 2.05) is 17.0 Å². The summed E-state index contributed by atoms with van der Waals surface area (Å²) in [7, 11) is 2.07. The van der Waals surface area contributed by atoms with Crippen molar-refractivity contribution in [3.8, 4) is 0 Å². The predicted molar refractivity (Wildman–Crippen MR) is 64.9 cm³/mol. The van der Waals surface area contributed by atoms with Crippen LogP contribution in [0.15, 0.2) is 24.3 Å². The third-order valence-electron chi connectivity index (χ3n) is 2.86. The predicted octanol–water partition coefficient (Wildman–Crippen LogP) is -1.27. The van der Waals surface area contributed by atoms with Crippen molar-refractivity contribution in [1.82, 2.24) is 9.80 Å². The van der Waals surface area contributed by atoms with Gasteiger partial charge in [-0.2, -0.15) is 0 Å². The van der Waals surface area contributed by atoms with Crippen LogP contribution in [0.3, 0.4) is 0 Å². The number of amides is 1. The molecule has 0 saturated carbocycles. The van der Waals surface area contributed by atoms with Crippen LogP contribution in [0.1, 0.15) is 10.4 Å². The van der Waals surface area contributed by atoms with Crippen LogP contribution in [-0.4, -0.2) is 48.9 Å². The summed E-state index contributed by atoms with van der Waals surface area (Å²) < 4.78 is 0. The SMILES string of the molecule is CN1CCN(C(=O)c2cccc(Cl)c2)CC1.[Cl-]. The van der Waals surface area contributed by atoms with Gasteiger partial charge >= 0.3 is 0 Å². The maximum atomic E-state index is 12.1. The first-order valence-electron chi connectivity index (χ1n) is 5.40. The minimum Gasteiger partial charge on any atom is -1.00 e. The van der Waals surface area contributed by atoms with Crippen LogP contribution in [-0.2, 0) is 0 Å². The number of hydrogen-bond acceptors (Lipinski definition) is 2. The summed E-state index contributed by atoms with van der Waals surface area (Å²) in [5.74, 6) is 0.0793. The lowest BCUT2D eigenvalue weighted by atomic mass is 10.2. The van der Waals surface area contributed by atoms with Gasteiger partial charge < -0.3 is 22.2 Å². The van der Waals surface area contributed by atoms with Crippen molar-refractivity contribution in [2.45, 2.75) is 0 Å². The monoisotopic (exact) mass is 273 g/mol. The van der Waals surface area contributed by atoms with Crippen LogP contribution in [0.2, 0.25) is 5.02 Å². The summed E-state index contributed by atoms with van der Waals surface area (Å²) >= 11 is 5.87. The first-order valence-corrected chi connectivity index (χ1v) is 5.78. The first kappa shape index (κ1) is 14.3. The van der Waals surface area contributed by atoms with Gasteiger partial charge in [0.25, 0.3) is 5.91 Å². The van der Waals surface area contributed by atoms with Crippen molar-refractivity contribution in [3.63, 3.8) is 0 Å². The summed E-state index contributed by atoms with van der Waals surface area (Å²) in [6, 6.07) is 7.13. The summed E-state index contributed by atoms with van der Waals surface area (Å²) in [5, 5.41) is 0.611. The highest BCUT2D eigenvalue weighted by Crippen LogP contribution is 2.13. The minimum atomic E-state index is 0. The Labute approximate surface area is 113 Å². The molecule has 0 bridgehead atoms. The largest absolute Gasteiger partial charge is 1.00 e. The second-order valence-corrected chi connectivity index (χ2v) is 4.54. The number of halogens is 2. The van der Waals surface area contributed by atoms with E-state index in [-0.39, 0.29) is 18.3 Å². The van der Waals surface area contributed by atoms with Gasteiger partial charge in [0.2, 0.25) is 0 Å². The molecule has 17 heavy (non-hydrogen) atoms. The van der Waals surface area contributed by atoms with Gasteiger partial charge in [0, 0.05) is 36.8 Å². The van der Waals surface area contributed by atoms with E-state index in [1.165, 1.54) is 0 Å². The molecule has 5 heteroatoms. The molecule has 0 N–H and O–H groups in total. The lowest BCUT2D eigenvalue weighted by molar-refractivity contribution is -0.0000139. The molecule has 0 aromatic heterocycles.